The van der Waals surface area contributed by atoms with E-state index in [-0.39, 0.29) is 30.1 Å². The van der Waals surface area contributed by atoms with E-state index in [0.717, 1.165) is 51.4 Å². The fourth-order valence-corrected chi connectivity index (χ4v) is 10.1. The molecule has 6 rings (SSSR count). The number of carbonyl (C=O) groups is 7. The van der Waals surface area contributed by atoms with Crippen LogP contribution in [-0.4, -0.2) is 72.7 Å². The smallest absolute Gasteiger partial charge is 0.407 e. The monoisotopic (exact) mass is 778 g/mol. The van der Waals surface area contributed by atoms with Gasteiger partial charge < -0.3 is 37.1 Å². The van der Waals surface area contributed by atoms with Crippen LogP contribution in [0.5, 0.6) is 0 Å². The number of nitrogens with two attached hydrogens (primary N) is 1. The molecule has 56 heavy (non-hydrogen) atoms. The van der Waals surface area contributed by atoms with Crippen molar-refractivity contribution in [3.05, 3.63) is 35.9 Å². The van der Waals surface area contributed by atoms with Crippen LogP contribution in [0.1, 0.15) is 122 Å². The lowest BCUT2D eigenvalue weighted by atomic mass is 9.50. The SMILES string of the molecule is CCC[C@H](NC(=O)[C@H](CC(C)C)NC(=O)[C@@H](NC(=O)OCC12CC3CC(CC(C3)C1)C2)C1CCCCC1)C(=O)C(=O)NCC(=O)N[C@H](C(N)=O)c1ccccc1. The van der Waals surface area contributed by atoms with Gasteiger partial charge in [-0.05, 0) is 99.4 Å². The second kappa shape index (κ2) is 19.6. The van der Waals surface area contributed by atoms with Crippen LogP contribution in [0, 0.1) is 35.0 Å². The molecule has 0 spiro atoms. The van der Waals surface area contributed by atoms with E-state index in [2.05, 4.69) is 26.6 Å². The molecular weight excluding hydrogens is 716 g/mol. The molecule has 7 N–H and O–H groups in total. The molecule has 0 aromatic heterocycles. The van der Waals surface area contributed by atoms with E-state index in [1.807, 2.05) is 13.8 Å². The number of alkyl carbamates (subject to hydrolysis) is 1. The Labute approximate surface area is 330 Å². The number of carbonyl (C=O) groups excluding carboxylic acids is 7. The van der Waals surface area contributed by atoms with Gasteiger partial charge in [-0.3, -0.25) is 28.8 Å². The van der Waals surface area contributed by atoms with Gasteiger partial charge in [0, 0.05) is 5.41 Å². The van der Waals surface area contributed by atoms with Gasteiger partial charge in [0.25, 0.3) is 5.91 Å². The van der Waals surface area contributed by atoms with Crippen molar-refractivity contribution < 1.29 is 38.3 Å². The maximum atomic E-state index is 14.1. The molecule has 4 bridgehead atoms. The van der Waals surface area contributed by atoms with Crippen LogP contribution in [0.25, 0.3) is 0 Å². The Morgan fingerprint density at radius 2 is 1.41 bits per heavy atom. The molecule has 5 aliphatic carbocycles. The maximum absolute atomic E-state index is 14.1. The zero-order chi connectivity index (χ0) is 40.4. The fourth-order valence-electron chi connectivity index (χ4n) is 10.1. The average molecular weight is 779 g/mol. The van der Waals surface area contributed by atoms with Gasteiger partial charge in [0.2, 0.25) is 29.4 Å². The molecule has 6 amide bonds. The lowest BCUT2D eigenvalue weighted by molar-refractivity contribution is -0.141. The van der Waals surface area contributed by atoms with Crippen molar-refractivity contribution in [3.63, 3.8) is 0 Å². The minimum absolute atomic E-state index is 0.0281. The molecule has 0 heterocycles. The summed E-state index contributed by atoms with van der Waals surface area (Å²) in [6, 6.07) is 4.03. The molecule has 308 valence electrons. The normalized spacial score (nSPS) is 24.9. The van der Waals surface area contributed by atoms with Crippen LogP contribution >= 0.6 is 0 Å². The first kappa shape index (κ1) is 42.6. The van der Waals surface area contributed by atoms with Crippen molar-refractivity contribution in [2.45, 2.75) is 135 Å². The van der Waals surface area contributed by atoms with Gasteiger partial charge >= 0.3 is 6.09 Å². The van der Waals surface area contributed by atoms with Crippen molar-refractivity contribution in [3.8, 4) is 0 Å². The number of rotatable bonds is 19. The highest BCUT2D eigenvalue weighted by Crippen LogP contribution is 2.60. The Bertz CT molecular complexity index is 1540. The maximum Gasteiger partial charge on any atom is 0.407 e. The van der Waals surface area contributed by atoms with Gasteiger partial charge in [0.1, 0.15) is 18.1 Å². The summed E-state index contributed by atoms with van der Waals surface area (Å²) in [5, 5.41) is 13.2. The molecule has 0 saturated heterocycles. The number of benzene rings is 1. The van der Waals surface area contributed by atoms with E-state index in [1.54, 1.807) is 37.3 Å². The Morgan fingerprint density at radius 1 is 0.804 bits per heavy atom. The minimum Gasteiger partial charge on any atom is -0.449 e. The topological polar surface area (TPSA) is 215 Å². The second-order valence-electron chi connectivity index (χ2n) is 17.4. The first-order valence-corrected chi connectivity index (χ1v) is 20.8. The standard InChI is InChI=1S/C42H62N6O8/c1-4-11-31(36(50)40(54)44-23-33(49)47-34(37(43)51)29-12-7-5-8-13-29)45-38(52)32(16-25(2)3)46-39(53)35(30-14-9-6-10-15-30)48-41(55)56-24-42-20-26-17-27(21-42)19-28(18-26)22-42/h5,7-8,12-13,25-28,30-32,34-35H,4,6,9-11,14-24H2,1-3H3,(H2,43,51)(H,44,54)(H,45,52)(H,46,53)(H,47,49)(H,48,55)/t26?,27?,28?,31-,32-,34-,35-,42?/m0/s1. The van der Waals surface area contributed by atoms with Crippen molar-refractivity contribution >= 4 is 41.4 Å². The van der Waals surface area contributed by atoms with E-state index in [4.69, 9.17) is 10.5 Å². The van der Waals surface area contributed by atoms with Gasteiger partial charge in [0.05, 0.1) is 19.2 Å². The Hall–Kier alpha value is -4.49. The third-order valence-electron chi connectivity index (χ3n) is 12.3. The number of amides is 6. The number of hydrogen-bond donors (Lipinski definition) is 6. The zero-order valence-corrected chi connectivity index (χ0v) is 33.2. The largest absolute Gasteiger partial charge is 0.449 e. The van der Waals surface area contributed by atoms with E-state index in [0.29, 0.717) is 36.3 Å². The van der Waals surface area contributed by atoms with Gasteiger partial charge in [-0.15, -0.1) is 0 Å². The lowest BCUT2D eigenvalue weighted by Crippen LogP contribution is -2.58. The van der Waals surface area contributed by atoms with Crippen LogP contribution in [0.3, 0.4) is 0 Å². The molecule has 5 aliphatic rings. The molecule has 1 aromatic carbocycles. The molecule has 5 fully saturated rings. The molecule has 4 atom stereocenters. The Balaban J connectivity index is 1.18. The molecule has 0 aliphatic heterocycles. The molecule has 14 heteroatoms. The van der Waals surface area contributed by atoms with Gasteiger partial charge in [-0.25, -0.2) is 4.79 Å². The number of primary amides is 1. The van der Waals surface area contributed by atoms with Gasteiger partial charge in [0.15, 0.2) is 0 Å². The number of ketones is 1. The molecular formula is C42H62N6O8. The molecule has 0 radical (unpaired) electrons. The van der Waals surface area contributed by atoms with Crippen LogP contribution < -0.4 is 32.3 Å². The summed E-state index contributed by atoms with van der Waals surface area (Å²) in [4.78, 5) is 92.1. The van der Waals surface area contributed by atoms with Gasteiger partial charge in [-0.1, -0.05) is 76.8 Å². The third-order valence-corrected chi connectivity index (χ3v) is 12.3. The third kappa shape index (κ3) is 11.5. The fraction of sp³-hybridized carbons (Fsp3) is 0.690. The van der Waals surface area contributed by atoms with E-state index >= 15 is 0 Å². The lowest BCUT2D eigenvalue weighted by Gasteiger charge is -2.56. The van der Waals surface area contributed by atoms with E-state index < -0.39 is 72.1 Å². The number of nitrogens with one attached hydrogen (secondary N) is 5. The van der Waals surface area contributed by atoms with E-state index in [9.17, 15) is 33.6 Å². The predicted octanol–water partition coefficient (Wildman–Crippen LogP) is 3.72. The highest BCUT2D eigenvalue weighted by Gasteiger charge is 2.51. The van der Waals surface area contributed by atoms with Crippen LogP contribution in [0.15, 0.2) is 30.3 Å². The summed E-state index contributed by atoms with van der Waals surface area (Å²) >= 11 is 0. The van der Waals surface area contributed by atoms with Crippen LogP contribution in [0.4, 0.5) is 4.79 Å². The number of hydrogen-bond acceptors (Lipinski definition) is 8. The Morgan fingerprint density at radius 3 is 1.98 bits per heavy atom. The number of Topliss-reactive ketones (excluding diaryl/α,β-unsaturated/α-hetero) is 1. The second-order valence-corrected chi connectivity index (χ2v) is 17.4. The summed E-state index contributed by atoms with van der Waals surface area (Å²) in [7, 11) is 0. The van der Waals surface area contributed by atoms with Crippen LogP contribution in [-0.2, 0) is 33.5 Å². The van der Waals surface area contributed by atoms with Crippen molar-refractivity contribution in [2.24, 2.45) is 40.7 Å². The molecule has 1 aromatic rings. The molecule has 5 saturated carbocycles. The zero-order valence-electron chi connectivity index (χ0n) is 33.2. The summed E-state index contributed by atoms with van der Waals surface area (Å²) < 4.78 is 5.90. The molecule has 14 nitrogen and oxygen atoms in total. The average Bonchev–Trinajstić information content (AvgIpc) is 3.16. The predicted molar refractivity (Wildman–Crippen MR) is 208 cm³/mol. The number of ether oxygens (including phenoxy) is 1. The Kier molecular flexibility index (Phi) is 14.9. The quantitative estimate of drug-likeness (QED) is 0.114. The van der Waals surface area contributed by atoms with Crippen LogP contribution in [0.2, 0.25) is 0 Å². The van der Waals surface area contributed by atoms with Crippen molar-refractivity contribution in [1.29, 1.82) is 0 Å². The summed E-state index contributed by atoms with van der Waals surface area (Å²) in [6.07, 6.45) is 11.8. The van der Waals surface area contributed by atoms with Gasteiger partial charge in [-0.2, -0.15) is 0 Å². The van der Waals surface area contributed by atoms with Crippen molar-refractivity contribution in [2.75, 3.05) is 13.2 Å². The summed E-state index contributed by atoms with van der Waals surface area (Å²) in [6.45, 7) is 5.34. The minimum atomic E-state index is -1.23. The first-order chi connectivity index (χ1) is 26.8. The first-order valence-electron chi connectivity index (χ1n) is 20.8. The molecule has 0 unspecified atom stereocenters. The summed E-state index contributed by atoms with van der Waals surface area (Å²) in [5.74, 6) is -2.72. The van der Waals surface area contributed by atoms with E-state index in [1.165, 1.54) is 19.3 Å². The highest BCUT2D eigenvalue weighted by molar-refractivity contribution is 6.38. The highest BCUT2D eigenvalue weighted by atomic mass is 16.5. The van der Waals surface area contributed by atoms with Crippen molar-refractivity contribution in [1.82, 2.24) is 26.6 Å². The summed E-state index contributed by atoms with van der Waals surface area (Å²) in [5.41, 5.74) is 5.96.